The SMILES string of the molecule is COc1ccc2c(c1)c1c(n2Cc2ccccc2)COC[C@@H]1CC=O. The number of benzene rings is 2. The molecule has 1 aromatic heterocycles. The number of hydrogen-bond acceptors (Lipinski definition) is 3. The largest absolute Gasteiger partial charge is 0.497 e. The second-order valence-corrected chi connectivity index (χ2v) is 6.43. The molecule has 0 saturated carbocycles. The third-order valence-electron chi connectivity index (χ3n) is 4.95. The van der Waals surface area contributed by atoms with Crippen LogP contribution in [0, 0.1) is 0 Å². The molecule has 4 rings (SSSR count). The van der Waals surface area contributed by atoms with Crippen molar-refractivity contribution in [1.29, 1.82) is 0 Å². The molecule has 4 heteroatoms. The molecule has 2 aromatic carbocycles. The summed E-state index contributed by atoms with van der Waals surface area (Å²) < 4.78 is 13.6. The van der Waals surface area contributed by atoms with Gasteiger partial charge in [-0.2, -0.15) is 0 Å². The summed E-state index contributed by atoms with van der Waals surface area (Å²) in [4.78, 5) is 11.2. The molecule has 0 amide bonds. The van der Waals surface area contributed by atoms with Gasteiger partial charge in [-0.3, -0.25) is 0 Å². The van der Waals surface area contributed by atoms with Crippen LogP contribution in [0.2, 0.25) is 0 Å². The second-order valence-electron chi connectivity index (χ2n) is 6.43. The van der Waals surface area contributed by atoms with E-state index in [1.807, 2.05) is 12.1 Å². The molecule has 0 N–H and O–H groups in total. The fourth-order valence-electron chi connectivity index (χ4n) is 3.78. The van der Waals surface area contributed by atoms with Gasteiger partial charge < -0.3 is 18.8 Å². The lowest BCUT2D eigenvalue weighted by molar-refractivity contribution is -0.108. The molecule has 0 aliphatic carbocycles. The predicted molar refractivity (Wildman–Crippen MR) is 97.1 cm³/mol. The van der Waals surface area contributed by atoms with Gasteiger partial charge in [-0.15, -0.1) is 0 Å². The molecule has 2 heterocycles. The fraction of sp³-hybridized carbons (Fsp3) is 0.286. The Hall–Kier alpha value is -2.59. The van der Waals surface area contributed by atoms with Gasteiger partial charge in [0.05, 0.1) is 20.3 Å². The Labute approximate surface area is 147 Å². The van der Waals surface area contributed by atoms with Crippen LogP contribution in [-0.2, 0) is 22.7 Å². The summed E-state index contributed by atoms with van der Waals surface area (Å²) in [5.41, 5.74) is 4.82. The van der Waals surface area contributed by atoms with Gasteiger partial charge in [0, 0.05) is 35.5 Å². The van der Waals surface area contributed by atoms with E-state index in [0.29, 0.717) is 19.6 Å². The lowest BCUT2D eigenvalue weighted by Crippen LogP contribution is -2.19. The lowest BCUT2D eigenvalue weighted by atomic mass is 9.92. The van der Waals surface area contributed by atoms with E-state index in [1.165, 1.54) is 22.2 Å². The molecule has 128 valence electrons. The van der Waals surface area contributed by atoms with E-state index in [9.17, 15) is 4.79 Å². The van der Waals surface area contributed by atoms with Crippen LogP contribution in [0.4, 0.5) is 0 Å². The molecule has 0 saturated heterocycles. The second kappa shape index (κ2) is 6.73. The minimum Gasteiger partial charge on any atom is -0.497 e. The van der Waals surface area contributed by atoms with Crippen molar-refractivity contribution in [3.05, 3.63) is 65.4 Å². The molecule has 0 bridgehead atoms. The number of hydrogen-bond donors (Lipinski definition) is 0. The zero-order chi connectivity index (χ0) is 17.2. The standard InChI is InChI=1S/C21H21NO3/c1-24-17-7-8-19-18(11-17)21-16(9-10-23)13-25-14-20(21)22(19)12-15-5-3-2-4-6-15/h2-8,10-11,16H,9,12-14H2,1H3/t16-/m0/s1. The first kappa shape index (κ1) is 15.9. The zero-order valence-corrected chi connectivity index (χ0v) is 14.3. The topological polar surface area (TPSA) is 40.5 Å². The number of ether oxygens (including phenoxy) is 2. The molecule has 0 unspecified atom stereocenters. The normalized spacial score (nSPS) is 16.6. The van der Waals surface area contributed by atoms with Crippen LogP contribution in [0.5, 0.6) is 5.75 Å². The van der Waals surface area contributed by atoms with E-state index in [1.54, 1.807) is 7.11 Å². The van der Waals surface area contributed by atoms with Gasteiger partial charge in [-0.25, -0.2) is 0 Å². The maximum absolute atomic E-state index is 11.2. The molecule has 0 spiro atoms. The maximum Gasteiger partial charge on any atom is 0.120 e. The van der Waals surface area contributed by atoms with Crippen molar-refractivity contribution in [3.63, 3.8) is 0 Å². The summed E-state index contributed by atoms with van der Waals surface area (Å²) in [5, 5.41) is 1.17. The Kier molecular flexibility index (Phi) is 4.28. The summed E-state index contributed by atoms with van der Waals surface area (Å²) in [6, 6.07) is 16.6. The highest BCUT2D eigenvalue weighted by Gasteiger charge is 2.28. The number of aldehydes is 1. The number of aromatic nitrogens is 1. The van der Waals surface area contributed by atoms with E-state index in [0.717, 1.165) is 24.1 Å². The Morgan fingerprint density at radius 2 is 2.08 bits per heavy atom. The minimum absolute atomic E-state index is 0.105. The van der Waals surface area contributed by atoms with E-state index in [2.05, 4.69) is 41.0 Å². The molecular weight excluding hydrogens is 314 g/mol. The smallest absolute Gasteiger partial charge is 0.120 e. The van der Waals surface area contributed by atoms with Crippen LogP contribution >= 0.6 is 0 Å². The highest BCUT2D eigenvalue weighted by molar-refractivity contribution is 5.88. The summed E-state index contributed by atoms with van der Waals surface area (Å²) >= 11 is 0. The Morgan fingerprint density at radius 1 is 1.24 bits per heavy atom. The third kappa shape index (κ3) is 2.83. The van der Waals surface area contributed by atoms with E-state index in [4.69, 9.17) is 9.47 Å². The van der Waals surface area contributed by atoms with Gasteiger partial charge >= 0.3 is 0 Å². The van der Waals surface area contributed by atoms with Crippen LogP contribution in [0.15, 0.2) is 48.5 Å². The number of carbonyl (C=O) groups excluding carboxylic acids is 1. The molecule has 3 aromatic rings. The highest BCUT2D eigenvalue weighted by Crippen LogP contribution is 2.39. The van der Waals surface area contributed by atoms with Gasteiger partial charge in [0.15, 0.2) is 0 Å². The molecule has 0 radical (unpaired) electrons. The van der Waals surface area contributed by atoms with Gasteiger partial charge in [-0.05, 0) is 29.3 Å². The van der Waals surface area contributed by atoms with E-state index < -0.39 is 0 Å². The number of rotatable bonds is 5. The summed E-state index contributed by atoms with van der Waals surface area (Å²) in [5.74, 6) is 0.941. The number of nitrogens with zero attached hydrogens (tertiary/aromatic N) is 1. The molecular formula is C21H21NO3. The van der Waals surface area contributed by atoms with Crippen LogP contribution < -0.4 is 4.74 Å². The molecule has 1 atom stereocenters. The van der Waals surface area contributed by atoms with E-state index >= 15 is 0 Å². The predicted octanol–water partition coefficient (Wildman–Crippen LogP) is 3.90. The monoisotopic (exact) mass is 335 g/mol. The molecule has 0 fully saturated rings. The van der Waals surface area contributed by atoms with Gasteiger partial charge in [0.2, 0.25) is 0 Å². The van der Waals surface area contributed by atoms with Crippen molar-refractivity contribution in [3.8, 4) is 5.75 Å². The molecule has 25 heavy (non-hydrogen) atoms. The first-order chi connectivity index (χ1) is 12.3. The number of carbonyl (C=O) groups is 1. The van der Waals surface area contributed by atoms with Crippen molar-refractivity contribution in [2.45, 2.75) is 25.5 Å². The van der Waals surface area contributed by atoms with Gasteiger partial charge in [0.25, 0.3) is 0 Å². The molecule has 4 nitrogen and oxygen atoms in total. The summed E-state index contributed by atoms with van der Waals surface area (Å²) in [6.45, 7) is 1.96. The zero-order valence-electron chi connectivity index (χ0n) is 14.3. The van der Waals surface area contributed by atoms with Crippen LogP contribution in [0.1, 0.15) is 29.2 Å². The average Bonchev–Trinajstić information content (AvgIpc) is 2.97. The van der Waals surface area contributed by atoms with Crippen molar-refractivity contribution in [2.75, 3.05) is 13.7 Å². The van der Waals surface area contributed by atoms with Crippen molar-refractivity contribution >= 4 is 17.2 Å². The molecule has 1 aliphatic heterocycles. The minimum atomic E-state index is 0.105. The first-order valence-electron chi connectivity index (χ1n) is 8.56. The van der Waals surface area contributed by atoms with Crippen molar-refractivity contribution in [1.82, 2.24) is 4.57 Å². The number of methoxy groups -OCH3 is 1. The van der Waals surface area contributed by atoms with Crippen LogP contribution in [-0.4, -0.2) is 24.6 Å². The Morgan fingerprint density at radius 3 is 2.84 bits per heavy atom. The average molecular weight is 335 g/mol. The highest BCUT2D eigenvalue weighted by atomic mass is 16.5. The Bertz CT molecular complexity index is 898. The fourth-order valence-corrected chi connectivity index (χ4v) is 3.78. The van der Waals surface area contributed by atoms with Crippen molar-refractivity contribution < 1.29 is 14.3 Å². The van der Waals surface area contributed by atoms with Gasteiger partial charge in [0.1, 0.15) is 12.0 Å². The quantitative estimate of drug-likeness (QED) is 0.664. The Balaban J connectivity index is 1.91. The van der Waals surface area contributed by atoms with Crippen LogP contribution in [0.25, 0.3) is 10.9 Å². The van der Waals surface area contributed by atoms with Gasteiger partial charge in [-0.1, -0.05) is 30.3 Å². The summed E-state index contributed by atoms with van der Waals surface area (Å²) in [6.07, 6.45) is 1.47. The van der Waals surface area contributed by atoms with Crippen molar-refractivity contribution in [2.24, 2.45) is 0 Å². The molecule has 1 aliphatic rings. The summed E-state index contributed by atoms with van der Waals surface area (Å²) in [7, 11) is 1.68. The number of fused-ring (bicyclic) bond motifs is 3. The van der Waals surface area contributed by atoms with E-state index in [-0.39, 0.29) is 5.92 Å². The third-order valence-corrected chi connectivity index (χ3v) is 4.95. The lowest BCUT2D eigenvalue weighted by Gasteiger charge is -2.23. The maximum atomic E-state index is 11.2. The first-order valence-corrected chi connectivity index (χ1v) is 8.56. The van der Waals surface area contributed by atoms with Crippen LogP contribution in [0.3, 0.4) is 0 Å².